The largest absolute Gasteiger partial charge is 0.410 e. The monoisotopic (exact) mass is 516 g/mol. The summed E-state index contributed by atoms with van der Waals surface area (Å²) in [6.07, 6.45) is -4.78. The van der Waals surface area contributed by atoms with Crippen molar-refractivity contribution in [2.45, 2.75) is 51.0 Å². The first-order valence-electron chi connectivity index (χ1n) is 11.5. The normalized spacial score (nSPS) is 17.2. The fourth-order valence-corrected chi connectivity index (χ4v) is 4.14. The number of anilines is 1. The van der Waals surface area contributed by atoms with E-state index in [2.05, 4.69) is 40.4 Å². The van der Waals surface area contributed by atoms with E-state index in [4.69, 9.17) is 12.2 Å². The second-order valence-electron chi connectivity index (χ2n) is 8.92. The van der Waals surface area contributed by atoms with Gasteiger partial charge in [0, 0.05) is 19.0 Å². The van der Waals surface area contributed by atoms with E-state index in [0.717, 1.165) is 21.4 Å². The van der Waals surface area contributed by atoms with Crippen molar-refractivity contribution in [2.75, 3.05) is 5.32 Å². The summed E-state index contributed by atoms with van der Waals surface area (Å²) in [5.41, 5.74) is 7.60. The lowest BCUT2D eigenvalue weighted by Crippen LogP contribution is -2.46. The van der Waals surface area contributed by atoms with Gasteiger partial charge in [0.15, 0.2) is 16.8 Å². The fraction of sp³-hybridized carbons (Fsp3) is 0.320. The molecule has 0 saturated carbocycles. The average molecular weight is 517 g/mol. The Morgan fingerprint density at radius 3 is 2.47 bits per heavy atom. The van der Waals surface area contributed by atoms with Crippen LogP contribution < -0.4 is 21.5 Å². The Morgan fingerprint density at radius 1 is 1.14 bits per heavy atom. The van der Waals surface area contributed by atoms with Crippen LogP contribution in [-0.2, 0) is 6.54 Å². The number of nitrogens with zero attached hydrogens (tertiary/aromatic N) is 2. The van der Waals surface area contributed by atoms with E-state index in [1.807, 2.05) is 54.6 Å². The van der Waals surface area contributed by atoms with Gasteiger partial charge in [0.2, 0.25) is 0 Å². The van der Waals surface area contributed by atoms with Gasteiger partial charge in [-0.3, -0.25) is 15.6 Å². The van der Waals surface area contributed by atoms with Gasteiger partial charge in [-0.25, -0.2) is 4.68 Å². The number of hydrogen-bond acceptors (Lipinski definition) is 4. The SMILES string of the molecule is CC(C)c1ccc(C2CC(C(F)(F)F)n3nc(C(=O)NNC(=S)NCc4ccccc4)cc3N2)cc1. The lowest BCUT2D eigenvalue weighted by atomic mass is 9.94. The summed E-state index contributed by atoms with van der Waals surface area (Å²) in [6, 6.07) is 15.9. The molecule has 36 heavy (non-hydrogen) atoms. The van der Waals surface area contributed by atoms with Crippen molar-refractivity contribution in [2.24, 2.45) is 0 Å². The molecule has 2 atom stereocenters. The quantitative estimate of drug-likeness (QED) is 0.283. The summed E-state index contributed by atoms with van der Waals surface area (Å²) in [7, 11) is 0. The number of hydrogen-bond donors (Lipinski definition) is 4. The number of carbonyl (C=O) groups is 1. The van der Waals surface area contributed by atoms with Crippen LogP contribution in [0.3, 0.4) is 0 Å². The van der Waals surface area contributed by atoms with Crippen molar-refractivity contribution < 1.29 is 18.0 Å². The van der Waals surface area contributed by atoms with Crippen LogP contribution in [-0.4, -0.2) is 27.0 Å². The highest BCUT2D eigenvalue weighted by atomic mass is 32.1. The number of halogens is 3. The van der Waals surface area contributed by atoms with Gasteiger partial charge in [0.1, 0.15) is 5.82 Å². The second kappa shape index (κ2) is 10.6. The summed E-state index contributed by atoms with van der Waals surface area (Å²) in [6.45, 7) is 4.55. The Hall–Kier alpha value is -3.60. The number of thiocarbonyl (C=S) groups is 1. The fourth-order valence-electron chi connectivity index (χ4n) is 4.02. The standard InChI is InChI=1S/C25H27F3N6OS/c1-15(2)17-8-10-18(11-9-17)19-12-21(25(26,27)28)34-22(30-19)13-20(33-34)23(35)31-32-24(36)29-14-16-6-4-3-5-7-16/h3-11,13,15,19,21,30H,12,14H2,1-2H3,(H,31,35)(H2,29,32,36). The number of nitrogens with one attached hydrogen (secondary N) is 4. The number of benzene rings is 2. The number of amides is 1. The van der Waals surface area contributed by atoms with E-state index in [0.29, 0.717) is 12.5 Å². The molecule has 4 N–H and O–H groups in total. The van der Waals surface area contributed by atoms with Crippen LogP contribution >= 0.6 is 12.2 Å². The minimum Gasteiger partial charge on any atom is -0.363 e. The molecule has 2 aromatic carbocycles. The zero-order chi connectivity index (χ0) is 25.9. The molecule has 11 heteroatoms. The zero-order valence-electron chi connectivity index (χ0n) is 19.8. The smallest absolute Gasteiger partial charge is 0.363 e. The highest BCUT2D eigenvalue weighted by Crippen LogP contribution is 2.43. The molecule has 7 nitrogen and oxygen atoms in total. The minimum absolute atomic E-state index is 0.122. The molecule has 0 radical (unpaired) electrons. The number of fused-ring (bicyclic) bond motifs is 1. The molecule has 0 fully saturated rings. The number of hydrazine groups is 1. The lowest BCUT2D eigenvalue weighted by Gasteiger charge is -2.33. The topological polar surface area (TPSA) is 83.0 Å². The van der Waals surface area contributed by atoms with E-state index in [1.54, 1.807) is 0 Å². The van der Waals surface area contributed by atoms with Crippen LogP contribution in [0, 0.1) is 0 Å². The third-order valence-corrected chi connectivity index (χ3v) is 6.26. The van der Waals surface area contributed by atoms with Crippen molar-refractivity contribution in [3.8, 4) is 0 Å². The molecule has 0 aliphatic carbocycles. The Labute approximate surface area is 212 Å². The maximum atomic E-state index is 13.9. The van der Waals surface area contributed by atoms with Gasteiger partial charge >= 0.3 is 6.18 Å². The van der Waals surface area contributed by atoms with Gasteiger partial charge in [0.05, 0.1) is 6.04 Å². The number of alkyl halides is 3. The van der Waals surface area contributed by atoms with Gasteiger partial charge in [0.25, 0.3) is 5.91 Å². The van der Waals surface area contributed by atoms with E-state index < -0.39 is 24.2 Å². The minimum atomic E-state index is -4.53. The summed E-state index contributed by atoms with van der Waals surface area (Å²) >= 11 is 5.15. The maximum Gasteiger partial charge on any atom is 0.410 e. The number of aromatic nitrogens is 2. The molecule has 0 spiro atoms. The van der Waals surface area contributed by atoms with Crippen molar-refractivity contribution in [3.63, 3.8) is 0 Å². The zero-order valence-corrected chi connectivity index (χ0v) is 20.6. The molecule has 1 aliphatic heterocycles. The predicted molar refractivity (Wildman–Crippen MR) is 135 cm³/mol. The summed E-state index contributed by atoms with van der Waals surface area (Å²) in [4.78, 5) is 12.6. The van der Waals surface area contributed by atoms with Gasteiger partial charge in [-0.1, -0.05) is 68.4 Å². The van der Waals surface area contributed by atoms with E-state index in [1.165, 1.54) is 6.07 Å². The third-order valence-electron chi connectivity index (χ3n) is 6.01. The van der Waals surface area contributed by atoms with Gasteiger partial charge in [-0.15, -0.1) is 0 Å². The van der Waals surface area contributed by atoms with Gasteiger partial charge in [-0.2, -0.15) is 18.3 Å². The average Bonchev–Trinajstić information content (AvgIpc) is 3.30. The highest BCUT2D eigenvalue weighted by Gasteiger charge is 2.46. The lowest BCUT2D eigenvalue weighted by molar-refractivity contribution is -0.173. The van der Waals surface area contributed by atoms with Crippen LogP contribution in [0.2, 0.25) is 0 Å². The molecule has 1 amide bonds. The molecule has 2 heterocycles. The van der Waals surface area contributed by atoms with Crippen molar-refractivity contribution >= 4 is 29.1 Å². The van der Waals surface area contributed by atoms with Crippen molar-refractivity contribution in [3.05, 3.63) is 83.0 Å². The first-order valence-corrected chi connectivity index (χ1v) is 11.9. The predicted octanol–water partition coefficient (Wildman–Crippen LogP) is 4.98. The molecule has 4 rings (SSSR count). The molecule has 1 aliphatic rings. The Balaban J connectivity index is 1.44. The summed E-state index contributed by atoms with van der Waals surface area (Å²) in [5, 5.41) is 10.2. The molecule has 1 aromatic heterocycles. The molecule has 0 bridgehead atoms. The number of carbonyl (C=O) groups excluding carboxylic acids is 1. The molecule has 3 aromatic rings. The van der Waals surface area contributed by atoms with E-state index in [-0.39, 0.29) is 23.0 Å². The molecular weight excluding hydrogens is 489 g/mol. The van der Waals surface area contributed by atoms with Crippen LogP contribution in [0.1, 0.15) is 65.4 Å². The first kappa shape index (κ1) is 25.5. The van der Waals surface area contributed by atoms with E-state index >= 15 is 0 Å². The molecular formula is C25H27F3N6OS. The Kier molecular flexibility index (Phi) is 7.48. The summed E-state index contributed by atoms with van der Waals surface area (Å²) in [5.74, 6) is -0.267. The maximum absolute atomic E-state index is 13.9. The van der Waals surface area contributed by atoms with Crippen LogP contribution in [0.4, 0.5) is 19.0 Å². The van der Waals surface area contributed by atoms with Crippen molar-refractivity contribution in [1.82, 2.24) is 25.9 Å². The Morgan fingerprint density at radius 2 is 1.83 bits per heavy atom. The first-order chi connectivity index (χ1) is 17.1. The van der Waals surface area contributed by atoms with Gasteiger partial charge < -0.3 is 10.6 Å². The Bertz CT molecular complexity index is 1210. The van der Waals surface area contributed by atoms with Crippen molar-refractivity contribution in [1.29, 1.82) is 0 Å². The third kappa shape index (κ3) is 5.96. The van der Waals surface area contributed by atoms with Gasteiger partial charge in [-0.05, 0) is 34.8 Å². The van der Waals surface area contributed by atoms with Crippen LogP contribution in [0.5, 0.6) is 0 Å². The summed E-state index contributed by atoms with van der Waals surface area (Å²) < 4.78 is 42.7. The van der Waals surface area contributed by atoms with Crippen LogP contribution in [0.15, 0.2) is 60.7 Å². The molecule has 190 valence electrons. The number of rotatable bonds is 5. The molecule has 0 saturated heterocycles. The highest BCUT2D eigenvalue weighted by molar-refractivity contribution is 7.80. The van der Waals surface area contributed by atoms with E-state index in [9.17, 15) is 18.0 Å². The van der Waals surface area contributed by atoms with Crippen LogP contribution in [0.25, 0.3) is 0 Å². The second-order valence-corrected chi connectivity index (χ2v) is 9.33. The molecule has 2 unspecified atom stereocenters.